The predicted molar refractivity (Wildman–Crippen MR) is 125 cm³/mol. The lowest BCUT2D eigenvalue weighted by Gasteiger charge is -2.43. The number of rotatable bonds is 5. The van der Waals surface area contributed by atoms with Crippen LogP contribution < -0.4 is 4.74 Å². The van der Waals surface area contributed by atoms with Crippen LogP contribution >= 0.6 is 0 Å². The van der Waals surface area contributed by atoms with Crippen LogP contribution in [0.15, 0.2) is 18.3 Å². The van der Waals surface area contributed by atoms with Crippen LogP contribution in [0.25, 0.3) is 0 Å². The van der Waals surface area contributed by atoms with Gasteiger partial charge in [-0.2, -0.15) is 0 Å². The summed E-state index contributed by atoms with van der Waals surface area (Å²) in [5, 5.41) is 0. The van der Waals surface area contributed by atoms with E-state index >= 15 is 0 Å². The standard InChI is InChI=1S/C25H39N3O5/c1-18-14-27(23(29)33-25(3,4)5)15-19(2)28(18)24(30)32-17-21-11-12-22(13-26-21)31-16-20-9-7-6-8-10-20/h11-13,18-20H,6-10,14-17H2,1-5H3. The van der Waals surface area contributed by atoms with Gasteiger partial charge >= 0.3 is 12.2 Å². The molecule has 3 rings (SSSR count). The Morgan fingerprint density at radius 2 is 1.70 bits per heavy atom. The summed E-state index contributed by atoms with van der Waals surface area (Å²) in [7, 11) is 0. The van der Waals surface area contributed by atoms with Gasteiger partial charge in [-0.1, -0.05) is 19.3 Å². The van der Waals surface area contributed by atoms with Gasteiger partial charge in [-0.05, 0) is 65.5 Å². The highest BCUT2D eigenvalue weighted by atomic mass is 16.6. The molecule has 8 nitrogen and oxygen atoms in total. The highest BCUT2D eigenvalue weighted by Gasteiger charge is 2.37. The van der Waals surface area contributed by atoms with Gasteiger partial charge in [0.1, 0.15) is 18.0 Å². The summed E-state index contributed by atoms with van der Waals surface area (Å²) in [6.07, 6.45) is 7.34. The van der Waals surface area contributed by atoms with E-state index in [1.807, 2.05) is 46.8 Å². The van der Waals surface area contributed by atoms with Crippen LogP contribution in [0.5, 0.6) is 5.75 Å². The average Bonchev–Trinajstić information content (AvgIpc) is 2.76. The van der Waals surface area contributed by atoms with Crippen LogP contribution in [0.3, 0.4) is 0 Å². The molecule has 0 aromatic carbocycles. The molecule has 2 amide bonds. The van der Waals surface area contributed by atoms with Crippen molar-refractivity contribution in [3.05, 3.63) is 24.0 Å². The van der Waals surface area contributed by atoms with E-state index in [1.54, 1.807) is 16.0 Å². The maximum atomic E-state index is 12.8. The summed E-state index contributed by atoms with van der Waals surface area (Å²) in [6.45, 7) is 11.0. The monoisotopic (exact) mass is 461 g/mol. The molecule has 2 aliphatic rings. The minimum Gasteiger partial charge on any atom is -0.492 e. The number of pyridine rings is 1. The fraction of sp³-hybridized carbons (Fsp3) is 0.720. The van der Waals surface area contributed by atoms with E-state index in [9.17, 15) is 9.59 Å². The molecule has 2 unspecified atom stereocenters. The van der Waals surface area contributed by atoms with Crippen molar-refractivity contribution in [2.24, 2.45) is 5.92 Å². The van der Waals surface area contributed by atoms with Crippen LogP contribution in [-0.2, 0) is 16.1 Å². The summed E-state index contributed by atoms with van der Waals surface area (Å²) in [6, 6.07) is 3.34. The number of nitrogens with zero attached hydrogens (tertiary/aromatic N) is 3. The summed E-state index contributed by atoms with van der Waals surface area (Å²) in [5.74, 6) is 1.38. The number of amides is 2. The second-order valence-electron chi connectivity index (χ2n) is 10.3. The smallest absolute Gasteiger partial charge is 0.410 e. The molecule has 1 aromatic rings. The molecule has 1 aliphatic carbocycles. The van der Waals surface area contributed by atoms with E-state index < -0.39 is 11.7 Å². The van der Waals surface area contributed by atoms with Gasteiger partial charge < -0.3 is 19.1 Å². The first kappa shape index (κ1) is 25.1. The topological polar surface area (TPSA) is 81.2 Å². The minimum absolute atomic E-state index is 0.0907. The Kier molecular flexibility index (Phi) is 8.43. The van der Waals surface area contributed by atoms with Crippen molar-refractivity contribution < 1.29 is 23.8 Å². The normalized spacial score (nSPS) is 22.1. The van der Waals surface area contributed by atoms with E-state index in [0.29, 0.717) is 24.7 Å². The van der Waals surface area contributed by atoms with Gasteiger partial charge in [-0.25, -0.2) is 9.59 Å². The van der Waals surface area contributed by atoms with Crippen LogP contribution in [0.4, 0.5) is 9.59 Å². The number of piperazine rings is 1. The average molecular weight is 462 g/mol. The van der Waals surface area contributed by atoms with E-state index in [-0.39, 0.29) is 24.8 Å². The molecule has 33 heavy (non-hydrogen) atoms. The molecule has 1 aliphatic heterocycles. The Morgan fingerprint density at radius 1 is 1.03 bits per heavy atom. The Balaban J connectivity index is 1.45. The molecule has 184 valence electrons. The lowest BCUT2D eigenvalue weighted by atomic mass is 9.90. The minimum atomic E-state index is -0.552. The molecule has 0 spiro atoms. The molecular formula is C25H39N3O5. The van der Waals surface area contributed by atoms with Crippen molar-refractivity contribution in [3.8, 4) is 5.75 Å². The van der Waals surface area contributed by atoms with Crippen molar-refractivity contribution >= 4 is 12.2 Å². The van der Waals surface area contributed by atoms with Crippen LogP contribution in [0.2, 0.25) is 0 Å². The number of hydrogen-bond donors (Lipinski definition) is 0. The number of aromatic nitrogens is 1. The zero-order valence-electron chi connectivity index (χ0n) is 20.7. The van der Waals surface area contributed by atoms with Crippen molar-refractivity contribution in [3.63, 3.8) is 0 Å². The van der Waals surface area contributed by atoms with E-state index in [1.165, 1.54) is 32.1 Å². The van der Waals surface area contributed by atoms with Gasteiger partial charge in [0.05, 0.1) is 30.6 Å². The quantitative estimate of drug-likeness (QED) is 0.613. The molecule has 8 heteroatoms. The van der Waals surface area contributed by atoms with Gasteiger partial charge in [0.2, 0.25) is 0 Å². The summed E-state index contributed by atoms with van der Waals surface area (Å²) >= 11 is 0. The first-order valence-corrected chi connectivity index (χ1v) is 12.1. The predicted octanol–water partition coefficient (Wildman–Crippen LogP) is 5.01. The SMILES string of the molecule is CC1CN(C(=O)OC(C)(C)C)CC(C)N1C(=O)OCc1ccc(OCC2CCCCC2)cn1. The maximum absolute atomic E-state index is 12.8. The zero-order valence-corrected chi connectivity index (χ0v) is 20.7. The molecule has 1 saturated carbocycles. The first-order valence-electron chi connectivity index (χ1n) is 12.1. The van der Waals surface area contributed by atoms with E-state index in [0.717, 1.165) is 12.4 Å². The van der Waals surface area contributed by atoms with Crippen molar-refractivity contribution in [1.29, 1.82) is 0 Å². The Bertz CT molecular complexity index is 774. The number of ether oxygens (including phenoxy) is 3. The third kappa shape index (κ3) is 7.51. The highest BCUT2D eigenvalue weighted by molar-refractivity contribution is 5.71. The number of carbonyl (C=O) groups excluding carboxylic acids is 2. The first-order chi connectivity index (χ1) is 15.6. The van der Waals surface area contributed by atoms with Gasteiger partial charge in [0.25, 0.3) is 0 Å². The second-order valence-corrected chi connectivity index (χ2v) is 10.3. The Labute approximate surface area is 197 Å². The van der Waals surface area contributed by atoms with Crippen molar-refractivity contribution in [2.45, 2.75) is 91.0 Å². The third-order valence-electron chi connectivity index (χ3n) is 6.13. The lowest BCUT2D eigenvalue weighted by molar-refractivity contribution is -0.00985. The molecule has 1 aromatic heterocycles. The second kappa shape index (κ2) is 11.1. The number of hydrogen-bond acceptors (Lipinski definition) is 6. The van der Waals surface area contributed by atoms with Gasteiger partial charge in [-0.3, -0.25) is 9.88 Å². The van der Waals surface area contributed by atoms with Gasteiger partial charge in [-0.15, -0.1) is 0 Å². The molecule has 2 atom stereocenters. The van der Waals surface area contributed by atoms with Crippen LogP contribution in [-0.4, -0.2) is 64.4 Å². The van der Waals surface area contributed by atoms with E-state index in [2.05, 4.69) is 4.98 Å². The fourth-order valence-corrected chi connectivity index (χ4v) is 4.52. The molecule has 0 N–H and O–H groups in total. The Morgan fingerprint density at radius 3 is 2.27 bits per heavy atom. The highest BCUT2D eigenvalue weighted by Crippen LogP contribution is 2.25. The van der Waals surface area contributed by atoms with Crippen LogP contribution in [0, 0.1) is 5.92 Å². The lowest BCUT2D eigenvalue weighted by Crippen LogP contribution is -2.60. The summed E-state index contributed by atoms with van der Waals surface area (Å²) < 4.78 is 16.9. The van der Waals surface area contributed by atoms with Crippen LogP contribution in [0.1, 0.15) is 72.4 Å². The van der Waals surface area contributed by atoms with Gasteiger partial charge in [0.15, 0.2) is 0 Å². The van der Waals surface area contributed by atoms with Crippen molar-refractivity contribution in [2.75, 3.05) is 19.7 Å². The molecular weight excluding hydrogens is 422 g/mol. The fourth-order valence-electron chi connectivity index (χ4n) is 4.52. The van der Waals surface area contributed by atoms with E-state index in [4.69, 9.17) is 14.2 Å². The molecule has 2 fully saturated rings. The number of carbonyl (C=O) groups is 2. The summed E-state index contributed by atoms with van der Waals surface area (Å²) in [4.78, 5) is 32.9. The van der Waals surface area contributed by atoms with Gasteiger partial charge in [0, 0.05) is 13.1 Å². The molecule has 2 heterocycles. The largest absolute Gasteiger partial charge is 0.492 e. The molecule has 0 radical (unpaired) electrons. The van der Waals surface area contributed by atoms with Crippen molar-refractivity contribution in [1.82, 2.24) is 14.8 Å². The third-order valence-corrected chi connectivity index (χ3v) is 6.13. The maximum Gasteiger partial charge on any atom is 0.410 e. The molecule has 0 bridgehead atoms. The molecule has 1 saturated heterocycles. The summed E-state index contributed by atoms with van der Waals surface area (Å²) in [5.41, 5.74) is 0.115. The zero-order chi connectivity index (χ0) is 24.0. The Hall–Kier alpha value is -2.51.